The van der Waals surface area contributed by atoms with Crippen LogP contribution < -0.4 is 10.6 Å². The van der Waals surface area contributed by atoms with Crippen molar-refractivity contribution in [2.75, 3.05) is 25.1 Å². The number of ether oxygens (including phenoxy) is 1. The Morgan fingerprint density at radius 3 is 2.75 bits per heavy atom. The number of anilines is 1. The molecule has 0 heterocycles. The summed E-state index contributed by atoms with van der Waals surface area (Å²) in [5.41, 5.74) is 0.704. The zero-order chi connectivity index (χ0) is 15.0. The third-order valence-electron chi connectivity index (χ3n) is 2.94. The van der Waals surface area contributed by atoms with Crippen LogP contribution in [0.5, 0.6) is 0 Å². The lowest BCUT2D eigenvalue weighted by Crippen LogP contribution is -2.42. The number of hydrogen-bond donors (Lipinski definition) is 2. The van der Waals surface area contributed by atoms with E-state index < -0.39 is 0 Å². The smallest absolute Gasteiger partial charge is 0.238 e. The van der Waals surface area contributed by atoms with E-state index in [1.54, 1.807) is 18.2 Å². The number of rotatable bonds is 8. The van der Waals surface area contributed by atoms with Crippen LogP contribution in [0.15, 0.2) is 24.3 Å². The standard InChI is InChI=1S/C15H23ClN2O2/c1-4-20-10-14(11(2)3)17-9-15(19)18-13-7-5-6-12(16)8-13/h5-8,11,14,17H,4,9-10H2,1-3H3,(H,18,19). The second-order valence-electron chi connectivity index (χ2n) is 4.95. The molecule has 0 aliphatic rings. The van der Waals surface area contributed by atoms with Crippen molar-refractivity contribution >= 4 is 23.2 Å². The molecule has 112 valence electrons. The fraction of sp³-hybridized carbons (Fsp3) is 0.533. The maximum Gasteiger partial charge on any atom is 0.238 e. The van der Waals surface area contributed by atoms with Crippen LogP contribution in [-0.2, 0) is 9.53 Å². The molecule has 0 saturated carbocycles. The first kappa shape index (κ1) is 17.0. The number of carbonyl (C=O) groups is 1. The van der Waals surface area contributed by atoms with E-state index in [2.05, 4.69) is 24.5 Å². The second-order valence-corrected chi connectivity index (χ2v) is 5.39. The van der Waals surface area contributed by atoms with Gasteiger partial charge in [0.1, 0.15) is 0 Å². The molecule has 0 aliphatic heterocycles. The van der Waals surface area contributed by atoms with Gasteiger partial charge in [0.15, 0.2) is 0 Å². The first-order chi connectivity index (χ1) is 9.52. The summed E-state index contributed by atoms with van der Waals surface area (Å²) in [5, 5.41) is 6.63. The third kappa shape index (κ3) is 6.37. The molecule has 0 bridgehead atoms. The number of halogens is 1. The van der Waals surface area contributed by atoms with E-state index in [4.69, 9.17) is 16.3 Å². The largest absolute Gasteiger partial charge is 0.380 e. The van der Waals surface area contributed by atoms with E-state index in [9.17, 15) is 4.79 Å². The van der Waals surface area contributed by atoms with Crippen molar-refractivity contribution in [1.29, 1.82) is 0 Å². The lowest BCUT2D eigenvalue weighted by molar-refractivity contribution is -0.115. The molecule has 2 N–H and O–H groups in total. The summed E-state index contributed by atoms with van der Waals surface area (Å²) in [6.07, 6.45) is 0. The van der Waals surface area contributed by atoms with Gasteiger partial charge in [-0.25, -0.2) is 0 Å². The summed E-state index contributed by atoms with van der Waals surface area (Å²) in [4.78, 5) is 11.9. The van der Waals surface area contributed by atoms with Crippen molar-refractivity contribution < 1.29 is 9.53 Å². The van der Waals surface area contributed by atoms with E-state index in [1.807, 2.05) is 13.0 Å². The van der Waals surface area contributed by atoms with E-state index in [0.717, 1.165) is 0 Å². The van der Waals surface area contributed by atoms with Crippen LogP contribution in [-0.4, -0.2) is 31.7 Å². The molecule has 20 heavy (non-hydrogen) atoms. The molecule has 1 atom stereocenters. The number of hydrogen-bond acceptors (Lipinski definition) is 3. The van der Waals surface area contributed by atoms with Crippen molar-refractivity contribution in [2.24, 2.45) is 5.92 Å². The highest BCUT2D eigenvalue weighted by atomic mass is 35.5. The SMILES string of the molecule is CCOCC(NCC(=O)Nc1cccc(Cl)c1)C(C)C. The van der Waals surface area contributed by atoms with Gasteiger partial charge in [-0.15, -0.1) is 0 Å². The molecule has 4 nitrogen and oxygen atoms in total. The Morgan fingerprint density at radius 2 is 2.15 bits per heavy atom. The summed E-state index contributed by atoms with van der Waals surface area (Å²) in [6.45, 7) is 7.71. The Bertz CT molecular complexity index is 424. The van der Waals surface area contributed by atoms with Gasteiger partial charge in [-0.2, -0.15) is 0 Å². The van der Waals surface area contributed by atoms with Gasteiger partial charge >= 0.3 is 0 Å². The van der Waals surface area contributed by atoms with Crippen molar-refractivity contribution in [3.05, 3.63) is 29.3 Å². The molecule has 0 radical (unpaired) electrons. The quantitative estimate of drug-likeness (QED) is 0.776. The monoisotopic (exact) mass is 298 g/mol. The van der Waals surface area contributed by atoms with Crippen LogP contribution in [0.25, 0.3) is 0 Å². The molecule has 1 amide bonds. The molecule has 0 saturated heterocycles. The van der Waals surface area contributed by atoms with Crippen LogP contribution in [0.3, 0.4) is 0 Å². The van der Waals surface area contributed by atoms with Crippen molar-refractivity contribution in [3.63, 3.8) is 0 Å². The molecule has 0 aliphatic carbocycles. The van der Waals surface area contributed by atoms with Gasteiger partial charge in [0.2, 0.25) is 5.91 Å². The molecular formula is C15H23ClN2O2. The zero-order valence-corrected chi connectivity index (χ0v) is 13.0. The highest BCUT2D eigenvalue weighted by Gasteiger charge is 2.14. The molecule has 1 aromatic rings. The lowest BCUT2D eigenvalue weighted by Gasteiger charge is -2.21. The number of benzene rings is 1. The van der Waals surface area contributed by atoms with Gasteiger partial charge in [0, 0.05) is 23.4 Å². The summed E-state index contributed by atoms with van der Waals surface area (Å²) in [5.74, 6) is 0.315. The fourth-order valence-electron chi connectivity index (χ4n) is 1.73. The summed E-state index contributed by atoms with van der Waals surface area (Å²) in [7, 11) is 0. The maximum absolute atomic E-state index is 11.9. The van der Waals surface area contributed by atoms with Gasteiger partial charge in [0.05, 0.1) is 13.2 Å². The second kappa shape index (κ2) is 8.95. The van der Waals surface area contributed by atoms with Crippen molar-refractivity contribution in [1.82, 2.24) is 5.32 Å². The van der Waals surface area contributed by atoms with Gasteiger partial charge in [-0.05, 0) is 31.0 Å². The first-order valence-corrected chi connectivity index (χ1v) is 7.27. The number of carbonyl (C=O) groups excluding carboxylic acids is 1. The Kier molecular flexibility index (Phi) is 7.59. The fourth-order valence-corrected chi connectivity index (χ4v) is 1.92. The van der Waals surface area contributed by atoms with Gasteiger partial charge < -0.3 is 15.4 Å². The average molecular weight is 299 g/mol. The summed E-state index contributed by atoms with van der Waals surface area (Å²) < 4.78 is 5.41. The molecule has 1 aromatic carbocycles. The van der Waals surface area contributed by atoms with Crippen LogP contribution in [0.2, 0.25) is 5.02 Å². The molecule has 0 fully saturated rings. The summed E-state index contributed by atoms with van der Waals surface area (Å²) in [6, 6.07) is 7.27. The minimum atomic E-state index is -0.0885. The third-order valence-corrected chi connectivity index (χ3v) is 3.17. The van der Waals surface area contributed by atoms with Crippen LogP contribution in [0.4, 0.5) is 5.69 Å². The predicted octanol–water partition coefficient (Wildman–Crippen LogP) is 2.93. The van der Waals surface area contributed by atoms with E-state index >= 15 is 0 Å². The highest BCUT2D eigenvalue weighted by Crippen LogP contribution is 2.14. The Labute approximate surface area is 125 Å². The molecule has 5 heteroatoms. The molecule has 0 aromatic heterocycles. The Balaban J connectivity index is 2.41. The predicted molar refractivity (Wildman–Crippen MR) is 83.2 cm³/mol. The highest BCUT2D eigenvalue weighted by molar-refractivity contribution is 6.30. The molecule has 0 spiro atoms. The normalized spacial score (nSPS) is 12.4. The lowest BCUT2D eigenvalue weighted by atomic mass is 10.1. The van der Waals surface area contributed by atoms with Gasteiger partial charge in [-0.3, -0.25) is 4.79 Å². The maximum atomic E-state index is 11.9. The topological polar surface area (TPSA) is 50.4 Å². The van der Waals surface area contributed by atoms with Crippen molar-refractivity contribution in [2.45, 2.75) is 26.8 Å². The van der Waals surface area contributed by atoms with E-state index in [1.165, 1.54) is 0 Å². The van der Waals surface area contributed by atoms with Crippen molar-refractivity contribution in [3.8, 4) is 0 Å². The first-order valence-electron chi connectivity index (χ1n) is 6.89. The Hall–Kier alpha value is -1.10. The average Bonchev–Trinajstić information content (AvgIpc) is 2.38. The van der Waals surface area contributed by atoms with Gasteiger partial charge in [0.25, 0.3) is 0 Å². The zero-order valence-electron chi connectivity index (χ0n) is 12.3. The van der Waals surface area contributed by atoms with Crippen LogP contribution >= 0.6 is 11.6 Å². The molecule has 1 rings (SSSR count). The van der Waals surface area contributed by atoms with Crippen LogP contribution in [0, 0.1) is 5.92 Å². The van der Waals surface area contributed by atoms with E-state index in [-0.39, 0.29) is 18.5 Å². The Morgan fingerprint density at radius 1 is 1.40 bits per heavy atom. The molecular weight excluding hydrogens is 276 g/mol. The minimum absolute atomic E-state index is 0.0885. The molecule has 1 unspecified atom stereocenters. The number of nitrogens with one attached hydrogen (secondary N) is 2. The van der Waals surface area contributed by atoms with Crippen LogP contribution in [0.1, 0.15) is 20.8 Å². The minimum Gasteiger partial charge on any atom is -0.380 e. The number of amides is 1. The summed E-state index contributed by atoms with van der Waals surface area (Å²) >= 11 is 5.87. The van der Waals surface area contributed by atoms with E-state index in [0.29, 0.717) is 29.8 Å². The van der Waals surface area contributed by atoms with Gasteiger partial charge in [-0.1, -0.05) is 31.5 Å².